The van der Waals surface area contributed by atoms with Crippen molar-refractivity contribution in [1.82, 2.24) is 0 Å². The van der Waals surface area contributed by atoms with E-state index in [2.05, 4.69) is 28.6 Å². The van der Waals surface area contributed by atoms with Crippen LogP contribution in [0.3, 0.4) is 0 Å². The summed E-state index contributed by atoms with van der Waals surface area (Å²) in [7, 11) is 0. The zero-order valence-electron chi connectivity index (χ0n) is 6.08. The van der Waals surface area contributed by atoms with Crippen molar-refractivity contribution in [3.05, 3.63) is 51.0 Å². The molecule has 0 fully saturated rings. The van der Waals surface area contributed by atoms with Gasteiger partial charge in [-0.2, -0.15) is 0 Å². The molecule has 0 atom stereocenters. The molecule has 1 aromatic rings. The van der Waals surface area contributed by atoms with Gasteiger partial charge in [0.15, 0.2) is 0 Å². The van der Waals surface area contributed by atoms with Gasteiger partial charge in [-0.3, -0.25) is 10.1 Å². The Morgan fingerprint density at radius 3 is 2.67 bits per heavy atom. The smallest absolute Gasteiger partial charge is 0.258 e. The maximum atomic E-state index is 10.4. The van der Waals surface area contributed by atoms with Gasteiger partial charge in [-0.1, -0.05) is 22.5 Å². The Morgan fingerprint density at radius 2 is 2.17 bits per heavy atom. The van der Waals surface area contributed by atoms with Gasteiger partial charge in [0.25, 0.3) is 5.69 Å². The largest absolute Gasteiger partial charge is 0.271 e. The lowest BCUT2D eigenvalue weighted by molar-refractivity contribution is -0.385. The Bertz CT molecular complexity index is 336. The Kier molecular flexibility index (Phi) is 2.60. The highest BCUT2D eigenvalue weighted by Gasteiger charge is 2.06. The molecule has 1 rings (SSSR count). The van der Waals surface area contributed by atoms with Gasteiger partial charge in [-0.25, -0.2) is 0 Å². The predicted octanol–water partition coefficient (Wildman–Crippen LogP) is 2.69. The molecule has 1 aromatic carbocycles. The van der Waals surface area contributed by atoms with E-state index in [9.17, 15) is 10.1 Å². The summed E-state index contributed by atoms with van der Waals surface area (Å²) in [5, 5.41) is 10.4. The van der Waals surface area contributed by atoms with Crippen molar-refractivity contribution in [2.75, 3.05) is 0 Å². The third-order valence-corrected chi connectivity index (χ3v) is 1.76. The van der Waals surface area contributed by atoms with Crippen molar-refractivity contribution < 1.29 is 4.92 Å². The van der Waals surface area contributed by atoms with E-state index in [0.29, 0.717) is 10.0 Å². The third kappa shape index (κ3) is 1.92. The number of halogens is 1. The van der Waals surface area contributed by atoms with E-state index >= 15 is 0 Å². The first-order chi connectivity index (χ1) is 5.63. The van der Waals surface area contributed by atoms with Crippen molar-refractivity contribution in [2.24, 2.45) is 0 Å². The van der Waals surface area contributed by atoms with Gasteiger partial charge in [0.1, 0.15) is 0 Å². The molecular weight excluding hydrogens is 222 g/mol. The molecule has 0 aliphatic rings. The number of non-ortho nitro benzene ring substituents is 1. The monoisotopic (exact) mass is 226 g/mol. The normalized spacial score (nSPS) is 9.42. The zero-order valence-corrected chi connectivity index (χ0v) is 7.67. The summed E-state index contributed by atoms with van der Waals surface area (Å²) in [6.07, 6.45) is 2.58. The predicted molar refractivity (Wildman–Crippen MR) is 48.8 cm³/mol. The van der Waals surface area contributed by atoms with Crippen molar-refractivity contribution in [3.8, 4) is 0 Å². The lowest BCUT2D eigenvalue weighted by atomic mass is 10.2. The minimum absolute atomic E-state index is 0.0375. The van der Waals surface area contributed by atoms with Gasteiger partial charge in [0.2, 0.25) is 0 Å². The minimum atomic E-state index is -0.453. The topological polar surface area (TPSA) is 43.1 Å². The highest BCUT2D eigenvalue weighted by Crippen LogP contribution is 2.20. The fourth-order valence-corrected chi connectivity index (χ4v) is 1.26. The first-order valence-corrected chi connectivity index (χ1v) is 3.91. The molecule has 12 heavy (non-hydrogen) atoms. The van der Waals surface area contributed by atoms with Gasteiger partial charge < -0.3 is 0 Å². The van der Waals surface area contributed by atoms with Crippen molar-refractivity contribution in [3.63, 3.8) is 0 Å². The molecule has 61 valence electrons. The maximum absolute atomic E-state index is 10.4. The van der Waals surface area contributed by atoms with Crippen LogP contribution in [-0.4, -0.2) is 4.92 Å². The van der Waals surface area contributed by atoms with E-state index in [4.69, 9.17) is 0 Å². The van der Waals surface area contributed by atoms with Gasteiger partial charge >= 0.3 is 0 Å². The number of nitro benzene ring substituents is 1. The van der Waals surface area contributed by atoms with E-state index in [0.717, 1.165) is 0 Å². The fourth-order valence-electron chi connectivity index (χ4n) is 0.782. The zero-order chi connectivity index (χ0) is 9.14. The van der Waals surface area contributed by atoms with E-state index in [1.807, 2.05) is 0 Å². The number of nitrogens with zero attached hydrogens (tertiary/aromatic N) is 1. The quantitative estimate of drug-likeness (QED) is 0.575. The van der Waals surface area contributed by atoms with Crippen LogP contribution in [0.25, 0.3) is 0 Å². The molecule has 3 nitrogen and oxygen atoms in total. The molecule has 0 saturated heterocycles. The molecule has 0 aliphatic carbocycles. The summed E-state index contributed by atoms with van der Waals surface area (Å²) in [4.78, 5) is 9.91. The maximum Gasteiger partial charge on any atom is 0.271 e. The highest BCUT2D eigenvalue weighted by atomic mass is 79.9. The summed E-state index contributed by atoms with van der Waals surface area (Å²) in [5.74, 6) is 0. The second-order valence-corrected chi connectivity index (χ2v) is 3.05. The van der Waals surface area contributed by atoms with E-state index in [-0.39, 0.29) is 5.69 Å². The van der Waals surface area contributed by atoms with Crippen LogP contribution in [0.5, 0.6) is 0 Å². The van der Waals surface area contributed by atoms with Crippen LogP contribution < -0.4 is 0 Å². The lowest BCUT2D eigenvalue weighted by Crippen LogP contribution is -1.88. The molecule has 0 aromatic heterocycles. The van der Waals surface area contributed by atoms with Gasteiger partial charge in [-0.15, -0.1) is 0 Å². The first kappa shape index (κ1) is 8.93. The van der Waals surface area contributed by atoms with Gasteiger partial charge in [0.05, 0.1) is 4.92 Å². The van der Waals surface area contributed by atoms with Crippen LogP contribution in [0.15, 0.2) is 29.3 Å². The van der Waals surface area contributed by atoms with Crippen LogP contribution in [0.1, 0.15) is 5.56 Å². The Labute approximate surface area is 78.0 Å². The third-order valence-electron chi connectivity index (χ3n) is 1.30. The van der Waals surface area contributed by atoms with Gasteiger partial charge in [-0.05, 0) is 17.7 Å². The summed E-state index contributed by atoms with van der Waals surface area (Å²) in [6.45, 7) is 3.40. The number of rotatable bonds is 2. The number of hydrogen-bond donors (Lipinski definition) is 0. The molecular formula is C8H5BrNO2. The molecule has 0 bridgehead atoms. The van der Waals surface area contributed by atoms with Crippen LogP contribution in [0.2, 0.25) is 0 Å². The SMILES string of the molecule is C=[C]c1cc(Br)cc([N+](=O)[O-])c1. The van der Waals surface area contributed by atoms with Crippen LogP contribution in [0, 0.1) is 16.2 Å². The van der Waals surface area contributed by atoms with E-state index in [1.54, 1.807) is 6.07 Å². The average Bonchev–Trinajstić information content (AvgIpc) is 2.03. The summed E-state index contributed by atoms with van der Waals surface area (Å²) < 4.78 is 0.655. The van der Waals surface area contributed by atoms with Gasteiger partial charge in [0, 0.05) is 16.6 Å². The van der Waals surface area contributed by atoms with E-state index in [1.165, 1.54) is 12.1 Å². The second-order valence-electron chi connectivity index (χ2n) is 2.13. The number of nitro groups is 1. The van der Waals surface area contributed by atoms with Crippen molar-refractivity contribution in [2.45, 2.75) is 0 Å². The molecule has 0 saturated carbocycles. The lowest BCUT2D eigenvalue weighted by Gasteiger charge is -1.95. The second kappa shape index (κ2) is 3.49. The molecule has 0 heterocycles. The highest BCUT2D eigenvalue weighted by molar-refractivity contribution is 9.10. The Balaban J connectivity index is 3.23. The molecule has 0 aliphatic heterocycles. The van der Waals surface area contributed by atoms with Crippen molar-refractivity contribution in [1.29, 1.82) is 0 Å². The van der Waals surface area contributed by atoms with E-state index < -0.39 is 4.92 Å². The Morgan fingerprint density at radius 1 is 1.50 bits per heavy atom. The van der Waals surface area contributed by atoms with Crippen LogP contribution in [-0.2, 0) is 0 Å². The Hall–Kier alpha value is -1.16. The standard InChI is InChI=1S/C8H5BrNO2/c1-2-6-3-7(9)5-8(4-6)10(11)12/h3-5H,1H2. The van der Waals surface area contributed by atoms with Crippen molar-refractivity contribution >= 4 is 21.6 Å². The number of hydrogen-bond acceptors (Lipinski definition) is 2. The molecule has 1 radical (unpaired) electrons. The first-order valence-electron chi connectivity index (χ1n) is 3.11. The van der Waals surface area contributed by atoms with Crippen LogP contribution >= 0.6 is 15.9 Å². The molecule has 0 spiro atoms. The summed E-state index contributed by atoms with van der Waals surface area (Å²) in [5.41, 5.74) is 0.645. The fraction of sp³-hybridized carbons (Fsp3) is 0. The average molecular weight is 227 g/mol. The summed E-state index contributed by atoms with van der Waals surface area (Å²) >= 11 is 3.15. The number of benzene rings is 1. The molecule has 0 amide bonds. The molecule has 0 N–H and O–H groups in total. The van der Waals surface area contributed by atoms with Crippen LogP contribution in [0.4, 0.5) is 5.69 Å². The molecule has 0 unspecified atom stereocenters. The summed E-state index contributed by atoms with van der Waals surface area (Å²) in [6, 6.07) is 4.55. The molecule has 4 heteroatoms. The minimum Gasteiger partial charge on any atom is -0.258 e.